The number of ether oxygens (including phenoxy) is 1. The Kier molecular flexibility index (Phi) is 7.75. The van der Waals surface area contributed by atoms with Crippen molar-refractivity contribution in [3.05, 3.63) is 60.7 Å². The number of fused-ring (bicyclic) bond motifs is 1. The van der Waals surface area contributed by atoms with Crippen molar-refractivity contribution in [3.63, 3.8) is 0 Å². The molecule has 2 amide bonds. The normalized spacial score (nSPS) is 12.7. The number of halogens is 2. The fourth-order valence-electron chi connectivity index (χ4n) is 3.28. The Hall–Kier alpha value is -4.35. The van der Waals surface area contributed by atoms with Gasteiger partial charge in [-0.2, -0.15) is 19.0 Å². The van der Waals surface area contributed by atoms with Gasteiger partial charge in [0.1, 0.15) is 23.6 Å². The zero-order valence-electron chi connectivity index (χ0n) is 20.6. The van der Waals surface area contributed by atoms with E-state index in [1.165, 1.54) is 63.7 Å². The van der Waals surface area contributed by atoms with Gasteiger partial charge >= 0.3 is 6.61 Å². The second kappa shape index (κ2) is 11.1. The van der Waals surface area contributed by atoms with Crippen LogP contribution in [0.1, 0.15) is 30.1 Å². The number of alkyl halides is 2. The van der Waals surface area contributed by atoms with Crippen molar-refractivity contribution in [2.45, 2.75) is 32.9 Å². The number of hydrogen-bond acceptors (Lipinski definition) is 6. The number of amides is 2. The van der Waals surface area contributed by atoms with Crippen molar-refractivity contribution in [1.82, 2.24) is 29.3 Å². The van der Waals surface area contributed by atoms with Crippen molar-refractivity contribution in [3.8, 4) is 17.0 Å². The van der Waals surface area contributed by atoms with E-state index in [2.05, 4.69) is 32.2 Å². The van der Waals surface area contributed by atoms with Crippen molar-refractivity contribution in [2.75, 3.05) is 19.4 Å². The molecule has 0 bridgehead atoms. The summed E-state index contributed by atoms with van der Waals surface area (Å²) in [6.45, 7) is -0.891. The van der Waals surface area contributed by atoms with E-state index in [4.69, 9.17) is 0 Å². The van der Waals surface area contributed by atoms with Crippen LogP contribution in [0.25, 0.3) is 16.9 Å². The van der Waals surface area contributed by atoms with Crippen molar-refractivity contribution in [1.29, 1.82) is 0 Å². The van der Waals surface area contributed by atoms with Gasteiger partial charge in [-0.15, -0.1) is 0 Å². The molecule has 1 aliphatic rings. The molecule has 1 N–H and O–H groups in total. The van der Waals surface area contributed by atoms with E-state index in [1.807, 2.05) is 0 Å². The van der Waals surface area contributed by atoms with Gasteiger partial charge in [0.05, 0.1) is 11.9 Å². The molecule has 0 spiro atoms. The first kappa shape index (κ1) is 25.7. The van der Waals surface area contributed by atoms with E-state index in [0.717, 1.165) is 5.92 Å². The highest BCUT2D eigenvalue weighted by molar-refractivity contribution is 6.09. The molecule has 37 heavy (non-hydrogen) atoms. The number of nitrogens with one attached hydrogen (secondary N) is 1. The minimum atomic E-state index is -3.05. The van der Waals surface area contributed by atoms with E-state index in [9.17, 15) is 18.4 Å². The van der Waals surface area contributed by atoms with Crippen LogP contribution in [0.5, 0.6) is 5.75 Å². The van der Waals surface area contributed by atoms with Crippen LogP contribution in [0, 0.1) is 5.92 Å². The maximum atomic E-state index is 13.0. The van der Waals surface area contributed by atoms with E-state index < -0.39 is 12.5 Å². The van der Waals surface area contributed by atoms with Gasteiger partial charge in [-0.1, -0.05) is 31.9 Å². The predicted octanol–water partition coefficient (Wildman–Crippen LogP) is 3.95. The summed E-state index contributed by atoms with van der Waals surface area (Å²) in [4.78, 5) is 30.7. The molecular weight excluding hydrogens is 484 g/mol. The first-order valence-electron chi connectivity index (χ1n) is 11.6. The SMILES string of the molecule is CC1CC1.CN(C)C(=O)Cn1cc(NC(=O)c2cnn3cccnc23)c(-c2ccccc2OC(F)F)n1. The zero-order chi connectivity index (χ0) is 26.5. The van der Waals surface area contributed by atoms with Crippen molar-refractivity contribution < 1.29 is 23.1 Å². The molecule has 10 nitrogen and oxygen atoms in total. The van der Waals surface area contributed by atoms with Crippen LogP contribution < -0.4 is 10.1 Å². The lowest BCUT2D eigenvalue weighted by molar-refractivity contribution is -0.129. The molecule has 0 saturated heterocycles. The molecule has 0 atom stereocenters. The molecule has 1 aromatic carbocycles. The smallest absolute Gasteiger partial charge is 0.387 e. The fourth-order valence-corrected chi connectivity index (χ4v) is 3.28. The summed E-state index contributed by atoms with van der Waals surface area (Å²) in [6.07, 6.45) is 8.97. The standard InChI is InChI=1S/C21H19F2N7O3.C4H8/c1-28(2)17(31)12-29-11-15(18(27-29)13-6-3-4-7-16(13)33-21(22)23)26-20(32)14-10-25-30-9-5-8-24-19(14)30;1-4-2-3-4/h3-11,21H,12H2,1-2H3,(H,26,32);4H,2-3H2,1H3. The van der Waals surface area contributed by atoms with Crippen LogP contribution in [0.2, 0.25) is 0 Å². The van der Waals surface area contributed by atoms with Gasteiger partial charge in [-0.3, -0.25) is 14.3 Å². The molecule has 0 unspecified atom stereocenters. The Morgan fingerprint density at radius 1 is 1.22 bits per heavy atom. The molecule has 1 saturated carbocycles. The Bertz CT molecular complexity index is 1400. The second-order valence-electron chi connectivity index (χ2n) is 8.83. The summed E-state index contributed by atoms with van der Waals surface area (Å²) in [5.74, 6) is 0.186. The van der Waals surface area contributed by atoms with Crippen molar-refractivity contribution >= 4 is 23.1 Å². The summed E-state index contributed by atoms with van der Waals surface area (Å²) in [7, 11) is 3.19. The van der Waals surface area contributed by atoms with Crippen LogP contribution in [0.3, 0.4) is 0 Å². The average Bonchev–Trinajstić information content (AvgIpc) is 3.37. The first-order valence-corrected chi connectivity index (χ1v) is 11.6. The van der Waals surface area contributed by atoms with Crippen LogP contribution >= 0.6 is 0 Å². The number of anilines is 1. The number of carbonyl (C=O) groups is 2. The lowest BCUT2D eigenvalue weighted by atomic mass is 10.1. The number of carbonyl (C=O) groups excluding carboxylic acids is 2. The van der Waals surface area contributed by atoms with Gasteiger partial charge in [0.25, 0.3) is 5.91 Å². The van der Waals surface area contributed by atoms with E-state index in [0.29, 0.717) is 5.65 Å². The van der Waals surface area contributed by atoms with Crippen LogP contribution in [0.15, 0.2) is 55.1 Å². The Morgan fingerprint density at radius 2 is 1.95 bits per heavy atom. The molecule has 3 aromatic heterocycles. The maximum absolute atomic E-state index is 13.0. The Labute approximate surface area is 211 Å². The van der Waals surface area contributed by atoms with Gasteiger partial charge in [0.15, 0.2) is 5.65 Å². The second-order valence-corrected chi connectivity index (χ2v) is 8.83. The number of aromatic nitrogens is 5. The van der Waals surface area contributed by atoms with E-state index in [-0.39, 0.29) is 40.7 Å². The number of rotatable bonds is 7. The van der Waals surface area contributed by atoms with Gasteiger partial charge in [-0.25, -0.2) is 9.50 Å². The predicted molar refractivity (Wildman–Crippen MR) is 132 cm³/mol. The zero-order valence-corrected chi connectivity index (χ0v) is 20.6. The lowest BCUT2D eigenvalue weighted by Gasteiger charge is -2.11. The molecule has 3 heterocycles. The van der Waals surface area contributed by atoms with Gasteiger partial charge in [-0.05, 0) is 24.1 Å². The highest BCUT2D eigenvalue weighted by atomic mass is 19.3. The Balaban J connectivity index is 0.000000730. The number of benzene rings is 1. The molecule has 12 heteroatoms. The minimum Gasteiger partial charge on any atom is -0.434 e. The van der Waals surface area contributed by atoms with E-state index >= 15 is 0 Å². The largest absolute Gasteiger partial charge is 0.434 e. The third-order valence-corrected chi connectivity index (χ3v) is 5.55. The number of likely N-dealkylation sites (N-methyl/N-ethyl adjacent to an activating group) is 1. The average molecular weight is 512 g/mol. The minimum absolute atomic E-state index is 0.119. The summed E-state index contributed by atoms with van der Waals surface area (Å²) < 4.78 is 33.3. The summed E-state index contributed by atoms with van der Waals surface area (Å²) >= 11 is 0. The highest BCUT2D eigenvalue weighted by Gasteiger charge is 2.22. The lowest BCUT2D eigenvalue weighted by Crippen LogP contribution is -2.26. The third kappa shape index (κ3) is 6.46. The summed E-state index contributed by atoms with van der Waals surface area (Å²) in [5.41, 5.74) is 1.13. The molecular formula is C25H27F2N7O3. The van der Waals surface area contributed by atoms with Crippen LogP contribution in [0.4, 0.5) is 14.5 Å². The van der Waals surface area contributed by atoms with Gasteiger partial charge < -0.3 is 15.0 Å². The highest BCUT2D eigenvalue weighted by Crippen LogP contribution is 2.35. The number of para-hydroxylation sites is 1. The first-order chi connectivity index (χ1) is 17.7. The van der Waals surface area contributed by atoms with E-state index in [1.54, 1.807) is 32.4 Å². The van der Waals surface area contributed by atoms with Crippen molar-refractivity contribution in [2.24, 2.45) is 5.92 Å². The maximum Gasteiger partial charge on any atom is 0.387 e. The molecule has 4 aromatic rings. The third-order valence-electron chi connectivity index (χ3n) is 5.55. The molecule has 0 radical (unpaired) electrons. The Morgan fingerprint density at radius 3 is 2.62 bits per heavy atom. The number of nitrogens with zero attached hydrogens (tertiary/aromatic N) is 6. The van der Waals surface area contributed by atoms with Gasteiger partial charge in [0, 0.05) is 38.2 Å². The molecule has 0 aliphatic heterocycles. The fraction of sp³-hybridized carbons (Fsp3) is 0.320. The summed E-state index contributed by atoms with van der Waals surface area (Å²) in [6, 6.07) is 7.73. The summed E-state index contributed by atoms with van der Waals surface area (Å²) in [5, 5.41) is 11.2. The quantitative estimate of drug-likeness (QED) is 0.403. The molecule has 1 fully saturated rings. The monoisotopic (exact) mass is 511 g/mol. The van der Waals surface area contributed by atoms with Gasteiger partial charge in [0.2, 0.25) is 5.91 Å². The van der Waals surface area contributed by atoms with Crippen LogP contribution in [-0.2, 0) is 11.3 Å². The van der Waals surface area contributed by atoms with Crippen LogP contribution in [-0.4, -0.2) is 61.8 Å². The number of hydrogen-bond donors (Lipinski definition) is 1. The topological polar surface area (TPSA) is 107 Å². The molecule has 194 valence electrons. The molecule has 1 aliphatic carbocycles. The molecule has 5 rings (SSSR count).